The number of nitrogens with one attached hydrogen (secondary N) is 1. The fourth-order valence-electron chi connectivity index (χ4n) is 3.99. The molecule has 0 aliphatic carbocycles. The number of aromatic nitrogens is 2. The van der Waals surface area contributed by atoms with Crippen molar-refractivity contribution < 1.29 is 9.59 Å². The quantitative estimate of drug-likeness (QED) is 0.622. The number of hydrogen-bond donors (Lipinski definition) is 1. The molecule has 7 nitrogen and oxygen atoms in total. The molecule has 1 N–H and O–H groups in total. The second-order valence-corrected chi connectivity index (χ2v) is 9.16. The highest BCUT2D eigenvalue weighted by molar-refractivity contribution is 7.16. The zero-order valence-electron chi connectivity index (χ0n) is 18.2. The third-order valence-electron chi connectivity index (χ3n) is 5.86. The first-order valence-electron chi connectivity index (χ1n) is 10.6. The van der Waals surface area contributed by atoms with Crippen molar-refractivity contribution in [3.05, 3.63) is 70.1 Å². The second kappa shape index (κ2) is 9.37. The van der Waals surface area contributed by atoms with Gasteiger partial charge in [0.2, 0.25) is 11.8 Å². The molecule has 8 heteroatoms. The fraction of sp³-hybridized carbons (Fsp3) is 0.333. The number of amides is 2. The molecule has 0 radical (unpaired) electrons. The topological polar surface area (TPSA) is 91.0 Å². The maximum atomic E-state index is 12.8. The van der Waals surface area contributed by atoms with E-state index < -0.39 is 0 Å². The zero-order chi connectivity index (χ0) is 22.7. The number of nitrogens with zero attached hydrogens (tertiary/aromatic N) is 4. The lowest BCUT2D eigenvalue weighted by molar-refractivity contribution is -0.132. The van der Waals surface area contributed by atoms with Crippen molar-refractivity contribution in [2.75, 3.05) is 11.9 Å². The summed E-state index contributed by atoms with van der Waals surface area (Å²) in [7, 11) is 0. The molecule has 0 bridgehead atoms. The predicted molar refractivity (Wildman–Crippen MR) is 123 cm³/mol. The number of benzene rings is 1. The molecule has 1 aromatic carbocycles. The summed E-state index contributed by atoms with van der Waals surface area (Å²) in [6.07, 6.45) is 4.43. The molecule has 0 spiro atoms. The van der Waals surface area contributed by atoms with Gasteiger partial charge in [0, 0.05) is 30.2 Å². The first-order valence-corrected chi connectivity index (χ1v) is 11.4. The van der Waals surface area contributed by atoms with E-state index in [9.17, 15) is 14.9 Å². The lowest BCUT2D eigenvalue weighted by Gasteiger charge is -2.27. The van der Waals surface area contributed by atoms with Crippen molar-refractivity contribution in [1.82, 2.24) is 14.5 Å². The van der Waals surface area contributed by atoms with E-state index in [1.165, 1.54) is 11.3 Å². The SMILES string of the molecule is Cc1nccn1CC(=O)N1CCc2c(sc(NC(=O)C[C@@H](C)c3ccccc3)c2C#N)C1. The Morgan fingerprint density at radius 2 is 2.09 bits per heavy atom. The van der Waals surface area contributed by atoms with E-state index in [1.54, 1.807) is 12.4 Å². The van der Waals surface area contributed by atoms with Crippen LogP contribution in [0.5, 0.6) is 0 Å². The molecule has 0 unspecified atom stereocenters. The van der Waals surface area contributed by atoms with Gasteiger partial charge in [0.25, 0.3) is 0 Å². The van der Waals surface area contributed by atoms with Gasteiger partial charge in [-0.25, -0.2) is 4.98 Å². The number of fused-ring (bicyclic) bond motifs is 1. The number of thiophene rings is 1. The predicted octanol–water partition coefficient (Wildman–Crippen LogP) is 3.84. The summed E-state index contributed by atoms with van der Waals surface area (Å²) in [5.41, 5.74) is 2.59. The molecule has 3 aromatic rings. The summed E-state index contributed by atoms with van der Waals surface area (Å²) in [5.74, 6) is 0.788. The number of aryl methyl sites for hydroxylation is 1. The molecule has 4 rings (SSSR count). The minimum atomic E-state index is -0.111. The molecule has 0 saturated heterocycles. The molecule has 1 aliphatic heterocycles. The summed E-state index contributed by atoms with van der Waals surface area (Å²) in [6.45, 7) is 5.15. The molecule has 1 aliphatic rings. The number of carbonyl (C=O) groups is 2. The molecule has 2 aromatic heterocycles. The highest BCUT2D eigenvalue weighted by atomic mass is 32.1. The van der Waals surface area contributed by atoms with E-state index in [0.29, 0.717) is 36.5 Å². The molecule has 1 atom stereocenters. The Bertz CT molecular complexity index is 1170. The van der Waals surface area contributed by atoms with Crippen molar-refractivity contribution >= 4 is 28.2 Å². The summed E-state index contributed by atoms with van der Waals surface area (Å²) in [6, 6.07) is 12.2. The minimum absolute atomic E-state index is 0.0194. The van der Waals surface area contributed by atoms with Gasteiger partial charge < -0.3 is 14.8 Å². The summed E-state index contributed by atoms with van der Waals surface area (Å²) < 4.78 is 1.83. The van der Waals surface area contributed by atoms with Gasteiger partial charge in [0.1, 0.15) is 23.4 Å². The van der Waals surface area contributed by atoms with Crippen LogP contribution in [0.15, 0.2) is 42.7 Å². The first kappa shape index (κ1) is 21.8. The van der Waals surface area contributed by atoms with Crippen molar-refractivity contribution in [3.8, 4) is 6.07 Å². The van der Waals surface area contributed by atoms with Crippen LogP contribution in [0.1, 0.15) is 46.7 Å². The monoisotopic (exact) mass is 447 g/mol. The van der Waals surface area contributed by atoms with E-state index >= 15 is 0 Å². The van der Waals surface area contributed by atoms with Crippen LogP contribution < -0.4 is 5.32 Å². The summed E-state index contributed by atoms with van der Waals surface area (Å²) >= 11 is 1.40. The Balaban J connectivity index is 1.44. The smallest absolute Gasteiger partial charge is 0.242 e. The van der Waals surface area contributed by atoms with Crippen LogP contribution in [0.2, 0.25) is 0 Å². The lowest BCUT2D eigenvalue weighted by atomic mass is 9.97. The average Bonchev–Trinajstić information content (AvgIpc) is 3.35. The number of anilines is 1. The van der Waals surface area contributed by atoms with Crippen LogP contribution in [0.4, 0.5) is 5.00 Å². The van der Waals surface area contributed by atoms with E-state index in [-0.39, 0.29) is 24.3 Å². The number of rotatable bonds is 6. The number of carbonyl (C=O) groups excluding carboxylic acids is 2. The van der Waals surface area contributed by atoms with Crippen LogP contribution >= 0.6 is 11.3 Å². The Morgan fingerprint density at radius 1 is 1.31 bits per heavy atom. The Hall–Kier alpha value is -3.44. The molecule has 0 saturated carbocycles. The van der Waals surface area contributed by atoms with Gasteiger partial charge in [-0.3, -0.25) is 9.59 Å². The third kappa shape index (κ3) is 4.58. The second-order valence-electron chi connectivity index (χ2n) is 8.05. The molecular formula is C24H25N5O2S. The van der Waals surface area contributed by atoms with Crippen LogP contribution in [-0.2, 0) is 29.1 Å². The van der Waals surface area contributed by atoms with Crippen molar-refractivity contribution in [3.63, 3.8) is 0 Å². The molecular weight excluding hydrogens is 422 g/mol. The highest BCUT2D eigenvalue weighted by Gasteiger charge is 2.28. The number of nitriles is 1. The normalized spacial score (nSPS) is 13.8. The highest BCUT2D eigenvalue weighted by Crippen LogP contribution is 2.37. The van der Waals surface area contributed by atoms with E-state index in [4.69, 9.17) is 0 Å². The van der Waals surface area contributed by atoms with Gasteiger partial charge >= 0.3 is 0 Å². The molecule has 164 valence electrons. The van der Waals surface area contributed by atoms with E-state index in [2.05, 4.69) is 16.4 Å². The van der Waals surface area contributed by atoms with Gasteiger partial charge in [0.15, 0.2) is 0 Å². The summed E-state index contributed by atoms with van der Waals surface area (Å²) in [5, 5.41) is 13.3. The van der Waals surface area contributed by atoms with Gasteiger partial charge in [-0.1, -0.05) is 37.3 Å². The average molecular weight is 448 g/mol. The fourth-order valence-corrected chi connectivity index (χ4v) is 5.22. The Morgan fingerprint density at radius 3 is 2.78 bits per heavy atom. The van der Waals surface area contributed by atoms with Gasteiger partial charge in [-0.15, -0.1) is 11.3 Å². The molecule has 32 heavy (non-hydrogen) atoms. The van der Waals surface area contributed by atoms with Crippen LogP contribution in [0, 0.1) is 18.3 Å². The molecule has 2 amide bonds. The minimum Gasteiger partial charge on any atom is -0.336 e. The van der Waals surface area contributed by atoms with Crippen molar-refractivity contribution in [2.24, 2.45) is 0 Å². The number of hydrogen-bond acceptors (Lipinski definition) is 5. The van der Waals surface area contributed by atoms with E-state index in [1.807, 2.05) is 53.6 Å². The lowest BCUT2D eigenvalue weighted by Crippen LogP contribution is -2.37. The van der Waals surface area contributed by atoms with E-state index in [0.717, 1.165) is 21.8 Å². The Labute approximate surface area is 191 Å². The Kier molecular flexibility index (Phi) is 6.37. The van der Waals surface area contributed by atoms with Crippen LogP contribution in [-0.4, -0.2) is 32.8 Å². The first-order chi connectivity index (χ1) is 15.5. The molecule has 0 fully saturated rings. The maximum Gasteiger partial charge on any atom is 0.242 e. The largest absolute Gasteiger partial charge is 0.336 e. The van der Waals surface area contributed by atoms with Gasteiger partial charge in [-0.05, 0) is 30.4 Å². The summed E-state index contributed by atoms with van der Waals surface area (Å²) in [4.78, 5) is 32.4. The standard InChI is InChI=1S/C24H25N5O2S/c1-16(18-6-4-3-5-7-18)12-22(30)27-24-20(13-25)19-8-10-29(14-21(19)32-24)23(31)15-28-11-9-26-17(28)2/h3-7,9,11,16H,8,10,12,14-15H2,1-2H3,(H,27,30)/t16-/m1/s1. The van der Waals surface area contributed by atoms with Crippen LogP contribution in [0.3, 0.4) is 0 Å². The van der Waals surface area contributed by atoms with Crippen LogP contribution in [0.25, 0.3) is 0 Å². The third-order valence-corrected chi connectivity index (χ3v) is 7.00. The van der Waals surface area contributed by atoms with Gasteiger partial charge in [-0.2, -0.15) is 5.26 Å². The zero-order valence-corrected chi connectivity index (χ0v) is 19.0. The maximum absolute atomic E-state index is 12.8. The van der Waals surface area contributed by atoms with Crippen molar-refractivity contribution in [1.29, 1.82) is 5.26 Å². The van der Waals surface area contributed by atoms with Crippen molar-refractivity contribution in [2.45, 2.75) is 45.7 Å². The van der Waals surface area contributed by atoms with Gasteiger partial charge in [0.05, 0.1) is 12.1 Å². The number of imidazole rings is 1. The molecule has 3 heterocycles.